The van der Waals surface area contributed by atoms with E-state index in [1.165, 1.54) is 6.07 Å². The lowest BCUT2D eigenvalue weighted by molar-refractivity contribution is 0.587. The van der Waals surface area contributed by atoms with Gasteiger partial charge in [0.1, 0.15) is 11.6 Å². The number of nitrogens with zero attached hydrogens (tertiary/aromatic N) is 3. The lowest BCUT2D eigenvalue weighted by atomic mass is 9.96. The average Bonchev–Trinajstić information content (AvgIpc) is 3.35. The van der Waals surface area contributed by atoms with Crippen molar-refractivity contribution in [2.24, 2.45) is 4.99 Å². The summed E-state index contributed by atoms with van der Waals surface area (Å²) in [6.45, 7) is 7.49. The molecule has 2 aromatic rings. The van der Waals surface area contributed by atoms with Gasteiger partial charge in [0.2, 0.25) is 0 Å². The zero-order valence-corrected chi connectivity index (χ0v) is 16.3. The lowest BCUT2D eigenvalue weighted by Gasteiger charge is -2.16. The highest BCUT2D eigenvalue weighted by Crippen LogP contribution is 2.48. The molecule has 1 aromatic heterocycles. The van der Waals surface area contributed by atoms with Gasteiger partial charge in [-0.2, -0.15) is 0 Å². The quantitative estimate of drug-likeness (QED) is 0.404. The van der Waals surface area contributed by atoms with Crippen molar-refractivity contribution < 1.29 is 4.39 Å². The van der Waals surface area contributed by atoms with Gasteiger partial charge in [-0.15, -0.1) is 0 Å². The predicted molar refractivity (Wildman–Crippen MR) is 107 cm³/mol. The Labute approximate surface area is 161 Å². The minimum absolute atomic E-state index is 0.0173. The first kappa shape index (κ1) is 19.4. The predicted octanol–water partition coefficient (Wildman–Crippen LogP) is 3.40. The third kappa shape index (κ3) is 5.31. The Hall–Kier alpha value is -2.37. The zero-order valence-electron chi connectivity index (χ0n) is 16.3. The fourth-order valence-electron chi connectivity index (χ4n) is 3.33. The van der Waals surface area contributed by atoms with E-state index in [4.69, 9.17) is 4.99 Å². The van der Waals surface area contributed by atoms with Crippen LogP contribution in [0.2, 0.25) is 0 Å². The molecule has 0 radical (unpaired) electrons. The van der Waals surface area contributed by atoms with E-state index in [9.17, 15) is 4.39 Å². The summed E-state index contributed by atoms with van der Waals surface area (Å²) >= 11 is 0. The molecule has 2 N–H and O–H groups in total. The molecule has 0 saturated heterocycles. The van der Waals surface area contributed by atoms with Gasteiger partial charge in [-0.25, -0.2) is 9.37 Å². The van der Waals surface area contributed by atoms with Gasteiger partial charge in [-0.05, 0) is 57.2 Å². The van der Waals surface area contributed by atoms with Gasteiger partial charge in [0.05, 0.1) is 6.54 Å². The number of halogens is 1. The molecule has 1 aliphatic carbocycles. The molecule has 1 aromatic carbocycles. The minimum Gasteiger partial charge on any atom is -0.357 e. The summed E-state index contributed by atoms with van der Waals surface area (Å²) in [6, 6.07) is 6.96. The Kier molecular flexibility index (Phi) is 6.48. The first-order valence-electron chi connectivity index (χ1n) is 9.89. The second-order valence-electron chi connectivity index (χ2n) is 7.29. The van der Waals surface area contributed by atoms with Crippen LogP contribution in [0.5, 0.6) is 0 Å². The van der Waals surface area contributed by atoms with Gasteiger partial charge >= 0.3 is 0 Å². The second-order valence-corrected chi connectivity index (χ2v) is 7.29. The number of aromatic nitrogens is 2. The molecule has 27 heavy (non-hydrogen) atoms. The van der Waals surface area contributed by atoms with Crippen molar-refractivity contribution >= 4 is 5.96 Å². The first-order chi connectivity index (χ1) is 13.1. The van der Waals surface area contributed by atoms with Crippen LogP contribution in [0.1, 0.15) is 44.0 Å². The highest BCUT2D eigenvalue weighted by atomic mass is 19.1. The number of imidazole rings is 1. The Balaban J connectivity index is 1.47. The lowest BCUT2D eigenvalue weighted by Crippen LogP contribution is -2.38. The first-order valence-corrected chi connectivity index (χ1v) is 9.89. The number of aryl methyl sites for hydroxylation is 2. The van der Waals surface area contributed by atoms with Crippen LogP contribution in [0, 0.1) is 12.7 Å². The average molecular weight is 372 g/mol. The Morgan fingerprint density at radius 1 is 1.30 bits per heavy atom. The van der Waals surface area contributed by atoms with E-state index in [2.05, 4.69) is 27.1 Å². The molecule has 0 spiro atoms. The molecule has 1 aliphatic rings. The number of rotatable bonds is 9. The third-order valence-electron chi connectivity index (χ3n) is 5.22. The van der Waals surface area contributed by atoms with E-state index >= 15 is 0 Å². The van der Waals surface area contributed by atoms with Crippen molar-refractivity contribution in [2.45, 2.75) is 51.5 Å². The standard InChI is InChI=1S/C21H30FN5/c1-3-23-20(25-11-4-5-13-27-14-12-24-17(27)2)26-16-21(9-10-21)18-7-6-8-19(22)15-18/h6-8,12,14-15H,3-5,9-11,13,16H2,1-2H3,(H2,23,25,26). The third-order valence-corrected chi connectivity index (χ3v) is 5.22. The monoisotopic (exact) mass is 371 g/mol. The summed E-state index contributed by atoms with van der Waals surface area (Å²) < 4.78 is 15.7. The molecule has 1 heterocycles. The molecule has 146 valence electrons. The van der Waals surface area contributed by atoms with Crippen LogP contribution in [0.25, 0.3) is 0 Å². The van der Waals surface area contributed by atoms with E-state index in [0.717, 1.165) is 62.7 Å². The maximum absolute atomic E-state index is 13.5. The summed E-state index contributed by atoms with van der Waals surface area (Å²) in [7, 11) is 0. The maximum Gasteiger partial charge on any atom is 0.191 e. The molecule has 0 bridgehead atoms. The fourth-order valence-corrected chi connectivity index (χ4v) is 3.33. The van der Waals surface area contributed by atoms with Gasteiger partial charge < -0.3 is 15.2 Å². The van der Waals surface area contributed by atoms with Crippen LogP contribution >= 0.6 is 0 Å². The summed E-state index contributed by atoms with van der Waals surface area (Å²) in [5.41, 5.74) is 1.08. The minimum atomic E-state index is -0.166. The smallest absolute Gasteiger partial charge is 0.191 e. The van der Waals surface area contributed by atoms with Crippen LogP contribution in [0.15, 0.2) is 41.7 Å². The number of guanidine groups is 1. The molecule has 0 aliphatic heterocycles. The second kappa shape index (κ2) is 9.02. The van der Waals surface area contributed by atoms with E-state index in [1.807, 2.05) is 25.4 Å². The topological polar surface area (TPSA) is 54.2 Å². The van der Waals surface area contributed by atoms with E-state index in [-0.39, 0.29) is 11.2 Å². The molecule has 3 rings (SSSR count). The van der Waals surface area contributed by atoms with Crippen LogP contribution < -0.4 is 10.6 Å². The molecule has 5 nitrogen and oxygen atoms in total. The van der Waals surface area contributed by atoms with Crippen molar-refractivity contribution in [2.75, 3.05) is 19.6 Å². The summed E-state index contributed by atoms with van der Waals surface area (Å²) in [4.78, 5) is 9.02. The van der Waals surface area contributed by atoms with Crippen molar-refractivity contribution in [3.05, 3.63) is 53.9 Å². The SMILES string of the molecule is CCNC(=NCC1(c2cccc(F)c2)CC1)NCCCCn1ccnc1C. The van der Waals surface area contributed by atoms with Crippen molar-refractivity contribution in [1.82, 2.24) is 20.2 Å². The summed E-state index contributed by atoms with van der Waals surface area (Å²) in [5.74, 6) is 1.74. The number of nitrogens with one attached hydrogen (secondary N) is 2. The van der Waals surface area contributed by atoms with Crippen LogP contribution in [0.3, 0.4) is 0 Å². The number of hydrogen-bond acceptors (Lipinski definition) is 2. The van der Waals surface area contributed by atoms with Crippen molar-refractivity contribution in [1.29, 1.82) is 0 Å². The van der Waals surface area contributed by atoms with Crippen LogP contribution in [-0.4, -0.2) is 35.1 Å². The van der Waals surface area contributed by atoms with E-state index in [1.54, 1.807) is 12.1 Å². The maximum atomic E-state index is 13.5. The molecule has 1 fully saturated rings. The number of aliphatic imine (C=N–C) groups is 1. The summed E-state index contributed by atoms with van der Waals surface area (Å²) in [5, 5.41) is 6.73. The molecular weight excluding hydrogens is 341 g/mol. The number of unbranched alkanes of at least 4 members (excludes halogenated alkanes) is 1. The van der Waals surface area contributed by atoms with Crippen LogP contribution in [-0.2, 0) is 12.0 Å². The molecule has 0 atom stereocenters. The Morgan fingerprint density at radius 2 is 2.15 bits per heavy atom. The highest BCUT2D eigenvalue weighted by molar-refractivity contribution is 5.79. The van der Waals surface area contributed by atoms with Gasteiger partial charge in [-0.3, -0.25) is 4.99 Å². The Morgan fingerprint density at radius 3 is 2.81 bits per heavy atom. The van der Waals surface area contributed by atoms with Gasteiger partial charge in [0, 0.05) is 37.4 Å². The molecule has 0 unspecified atom stereocenters. The molecular formula is C21H30FN5. The fraction of sp³-hybridized carbons (Fsp3) is 0.524. The summed E-state index contributed by atoms with van der Waals surface area (Å²) in [6.07, 6.45) is 8.17. The number of hydrogen-bond donors (Lipinski definition) is 2. The van der Waals surface area contributed by atoms with Gasteiger partial charge in [0.15, 0.2) is 5.96 Å². The van der Waals surface area contributed by atoms with E-state index in [0.29, 0.717) is 6.54 Å². The van der Waals surface area contributed by atoms with Gasteiger partial charge in [-0.1, -0.05) is 12.1 Å². The van der Waals surface area contributed by atoms with Crippen LogP contribution in [0.4, 0.5) is 4.39 Å². The molecule has 1 saturated carbocycles. The number of benzene rings is 1. The molecule has 6 heteroatoms. The van der Waals surface area contributed by atoms with Crippen molar-refractivity contribution in [3.8, 4) is 0 Å². The van der Waals surface area contributed by atoms with Crippen molar-refractivity contribution in [3.63, 3.8) is 0 Å². The van der Waals surface area contributed by atoms with Gasteiger partial charge in [0.25, 0.3) is 0 Å². The molecule has 0 amide bonds. The normalized spacial score (nSPS) is 15.6. The Bertz CT molecular complexity index is 763. The van der Waals surface area contributed by atoms with E-state index < -0.39 is 0 Å². The zero-order chi connectivity index (χ0) is 19.1. The largest absolute Gasteiger partial charge is 0.357 e. The highest BCUT2D eigenvalue weighted by Gasteiger charge is 2.44.